The fourth-order valence-electron chi connectivity index (χ4n) is 1.04. The quantitative estimate of drug-likeness (QED) is 0.424. The minimum atomic E-state index is 0.167. The molecule has 0 aromatic rings. The van der Waals surface area contributed by atoms with Gasteiger partial charge in [-0.2, -0.15) is 0 Å². The highest BCUT2D eigenvalue weighted by atomic mass is 32.1. The maximum absolute atomic E-state index is 9.44. The van der Waals surface area contributed by atoms with Crippen molar-refractivity contribution in [3.63, 3.8) is 0 Å². The number of rotatable bonds is 7. The maximum Gasteiger partial charge on any atom is 0.216 e. The number of hydrogen-bond donors (Lipinski definition) is 1. The summed E-state index contributed by atoms with van der Waals surface area (Å²) in [5, 5.41) is 0. The summed E-state index contributed by atoms with van der Waals surface area (Å²) in [6.07, 6.45) is 7.67. The van der Waals surface area contributed by atoms with Crippen molar-refractivity contribution in [1.82, 2.24) is 0 Å². The Labute approximate surface area is 111 Å². The van der Waals surface area contributed by atoms with Crippen LogP contribution in [0.5, 0.6) is 0 Å². The van der Waals surface area contributed by atoms with E-state index in [1.54, 1.807) is 0 Å². The number of thiol groups is 1. The molecule has 0 N–H and O–H groups in total. The highest BCUT2D eigenvalue weighted by molar-refractivity contribution is 8.10. The van der Waals surface area contributed by atoms with Crippen LogP contribution in [0.25, 0.3) is 0 Å². The predicted octanol–water partition coefficient (Wildman–Crippen LogP) is 4.17. The Kier molecular flexibility index (Phi) is 17.0. The predicted molar refractivity (Wildman–Crippen MR) is 77.3 cm³/mol. The molecule has 0 saturated heterocycles. The normalized spacial score (nSPS) is 9.00. The van der Waals surface area contributed by atoms with Gasteiger partial charge in [0, 0.05) is 0 Å². The molecule has 0 aliphatic carbocycles. The van der Waals surface area contributed by atoms with Gasteiger partial charge in [0.25, 0.3) is 0 Å². The molecule has 16 heavy (non-hydrogen) atoms. The molecule has 2 nitrogen and oxygen atoms in total. The van der Waals surface area contributed by atoms with Crippen LogP contribution in [0.4, 0.5) is 0 Å². The van der Waals surface area contributed by atoms with Gasteiger partial charge in [-0.15, -0.1) is 0 Å². The van der Waals surface area contributed by atoms with Crippen LogP contribution in [0.15, 0.2) is 0 Å². The second-order valence-corrected chi connectivity index (χ2v) is 4.87. The van der Waals surface area contributed by atoms with Crippen LogP contribution in [0.3, 0.4) is 0 Å². The molecule has 0 saturated carbocycles. The third-order valence-electron chi connectivity index (χ3n) is 1.72. The van der Waals surface area contributed by atoms with Gasteiger partial charge in [0.05, 0.1) is 6.61 Å². The lowest BCUT2D eigenvalue weighted by atomic mass is 10.1. The fourth-order valence-corrected chi connectivity index (χ4v) is 1.22. The Hall–Kier alpha value is -0.0900. The van der Waals surface area contributed by atoms with Gasteiger partial charge in [0.1, 0.15) is 5.78 Å². The van der Waals surface area contributed by atoms with Crippen molar-refractivity contribution >= 4 is 35.0 Å². The first kappa shape index (κ1) is 18.3. The van der Waals surface area contributed by atoms with Crippen molar-refractivity contribution in [1.29, 1.82) is 0 Å². The maximum atomic E-state index is 9.44. The smallest absolute Gasteiger partial charge is 0.216 e. The first-order chi connectivity index (χ1) is 7.50. The van der Waals surface area contributed by atoms with Crippen LogP contribution in [0.1, 0.15) is 59.3 Å². The average molecular weight is 264 g/mol. The monoisotopic (exact) mass is 264 g/mol. The fraction of sp³-hybridized carbons (Fsp3) is 0.833. The number of ether oxygens (including phenoxy) is 1. The molecule has 0 aromatic carbocycles. The van der Waals surface area contributed by atoms with E-state index in [0.29, 0.717) is 4.38 Å². The molecule has 0 unspecified atom stereocenters. The summed E-state index contributed by atoms with van der Waals surface area (Å²) in [4.78, 5) is 9.44. The van der Waals surface area contributed by atoms with Crippen molar-refractivity contribution in [3.05, 3.63) is 0 Å². The third kappa shape index (κ3) is 29.2. The molecule has 0 heterocycles. The van der Waals surface area contributed by atoms with Gasteiger partial charge in [0.15, 0.2) is 0 Å². The Morgan fingerprint density at radius 3 is 2.00 bits per heavy atom. The van der Waals surface area contributed by atoms with Gasteiger partial charge in [-0.1, -0.05) is 51.7 Å². The number of thiocarbonyl (C=S) groups is 1. The van der Waals surface area contributed by atoms with Crippen molar-refractivity contribution < 1.29 is 9.53 Å². The van der Waals surface area contributed by atoms with Crippen molar-refractivity contribution in [2.24, 2.45) is 0 Å². The van der Waals surface area contributed by atoms with Gasteiger partial charge >= 0.3 is 0 Å². The molecule has 4 heteroatoms. The van der Waals surface area contributed by atoms with E-state index in [2.05, 4.69) is 31.8 Å². The van der Waals surface area contributed by atoms with E-state index in [4.69, 9.17) is 4.74 Å². The van der Waals surface area contributed by atoms with Gasteiger partial charge in [-0.25, -0.2) is 0 Å². The minimum Gasteiger partial charge on any atom is -0.479 e. The minimum absolute atomic E-state index is 0.167. The average Bonchev–Trinajstić information content (AvgIpc) is 2.15. The molecular formula is C12H24O2S2. The van der Waals surface area contributed by atoms with E-state index in [1.165, 1.54) is 46.0 Å². The van der Waals surface area contributed by atoms with Crippen LogP contribution in [-0.4, -0.2) is 16.8 Å². The molecular weight excluding hydrogens is 240 g/mol. The molecule has 0 aromatic heterocycles. The van der Waals surface area contributed by atoms with E-state index in [1.807, 2.05) is 0 Å². The largest absolute Gasteiger partial charge is 0.479 e. The summed E-state index contributed by atoms with van der Waals surface area (Å²) in [6.45, 7) is 6.01. The summed E-state index contributed by atoms with van der Waals surface area (Å²) in [5.74, 6) is 0.167. The van der Waals surface area contributed by atoms with Gasteiger partial charge in [0.2, 0.25) is 4.38 Å². The molecule has 0 radical (unpaired) electrons. The Morgan fingerprint density at radius 2 is 1.56 bits per heavy atom. The summed E-state index contributed by atoms with van der Waals surface area (Å²) in [7, 11) is 0. The van der Waals surface area contributed by atoms with Gasteiger partial charge in [-0.3, -0.25) is 0 Å². The van der Waals surface area contributed by atoms with Crippen LogP contribution >= 0.6 is 24.8 Å². The highest BCUT2D eigenvalue weighted by Gasteiger charge is 1.91. The first-order valence-corrected chi connectivity index (χ1v) is 6.69. The lowest BCUT2D eigenvalue weighted by molar-refractivity contribution is -0.114. The topological polar surface area (TPSA) is 26.3 Å². The van der Waals surface area contributed by atoms with E-state index in [9.17, 15) is 4.79 Å². The van der Waals surface area contributed by atoms with Crippen LogP contribution < -0.4 is 0 Å². The van der Waals surface area contributed by atoms with Gasteiger partial charge < -0.3 is 9.53 Å². The van der Waals surface area contributed by atoms with Crippen molar-refractivity contribution in [2.75, 3.05) is 6.61 Å². The second kappa shape index (κ2) is 14.9. The molecule has 0 bridgehead atoms. The van der Waals surface area contributed by atoms with Crippen LogP contribution in [-0.2, 0) is 9.53 Å². The molecule has 0 amide bonds. The summed E-state index contributed by atoms with van der Waals surface area (Å²) in [6, 6.07) is 0. The SMILES string of the molecule is CC(C)=O.CCCCCCCCOC(=S)S. The van der Waals surface area contributed by atoms with Crippen molar-refractivity contribution in [2.45, 2.75) is 59.3 Å². The molecule has 0 rings (SSSR count). The molecule has 0 fully saturated rings. The lowest BCUT2D eigenvalue weighted by Gasteiger charge is -2.02. The van der Waals surface area contributed by atoms with Crippen molar-refractivity contribution in [3.8, 4) is 0 Å². The summed E-state index contributed by atoms with van der Waals surface area (Å²) >= 11 is 8.52. The highest BCUT2D eigenvalue weighted by Crippen LogP contribution is 2.05. The zero-order valence-corrected chi connectivity index (χ0v) is 12.3. The van der Waals surface area contributed by atoms with Crippen LogP contribution in [0, 0.1) is 0 Å². The van der Waals surface area contributed by atoms with E-state index < -0.39 is 0 Å². The number of hydrogen-bond acceptors (Lipinski definition) is 3. The first-order valence-electron chi connectivity index (χ1n) is 5.83. The molecule has 0 atom stereocenters. The summed E-state index contributed by atoms with van der Waals surface area (Å²) in [5.41, 5.74) is 0. The molecule has 0 aliphatic rings. The zero-order valence-electron chi connectivity index (χ0n) is 10.6. The number of carbonyl (C=O) groups is 1. The number of unbranched alkanes of at least 4 members (excludes halogenated alkanes) is 5. The number of carbonyl (C=O) groups excluding carboxylic acids is 1. The number of ketones is 1. The van der Waals surface area contributed by atoms with Crippen LogP contribution in [0.2, 0.25) is 0 Å². The van der Waals surface area contributed by atoms with Gasteiger partial charge in [-0.05, 0) is 32.5 Å². The number of Topliss-reactive ketones (excluding diaryl/α,β-unsaturated/α-hetero) is 1. The Balaban J connectivity index is 0. The van der Waals surface area contributed by atoms with E-state index in [-0.39, 0.29) is 5.78 Å². The Bertz CT molecular complexity index is 178. The van der Waals surface area contributed by atoms with E-state index in [0.717, 1.165) is 13.0 Å². The standard InChI is InChI=1S/C9H18OS2.C3H6O/c1-2-3-4-5-6-7-8-10-9(11)12;1-3(2)4/h2-8H2,1H3,(H,11,12);1-2H3. The Morgan fingerprint density at radius 1 is 1.12 bits per heavy atom. The van der Waals surface area contributed by atoms with E-state index >= 15 is 0 Å². The zero-order chi connectivity index (χ0) is 12.8. The molecule has 0 spiro atoms. The second-order valence-electron chi connectivity index (χ2n) is 3.79. The lowest BCUT2D eigenvalue weighted by Crippen LogP contribution is -1.95. The molecule has 96 valence electrons. The molecule has 0 aliphatic heterocycles. The summed E-state index contributed by atoms with van der Waals surface area (Å²) < 4.78 is 5.41. The third-order valence-corrected chi connectivity index (χ3v) is 1.97.